The van der Waals surface area contributed by atoms with Crippen LogP contribution in [-0.4, -0.2) is 51.2 Å². The van der Waals surface area contributed by atoms with Crippen LogP contribution in [0, 0.1) is 0 Å². The number of amides is 1. The van der Waals surface area contributed by atoms with Crippen LogP contribution < -0.4 is 10.6 Å². The predicted octanol–water partition coefficient (Wildman–Crippen LogP) is 1.31. The fourth-order valence-electron chi connectivity index (χ4n) is 1.64. The Morgan fingerprint density at radius 2 is 1.90 bits per heavy atom. The van der Waals surface area contributed by atoms with E-state index in [1.54, 1.807) is 0 Å². The van der Waals surface area contributed by atoms with Crippen molar-refractivity contribution in [3.63, 3.8) is 0 Å². The van der Waals surface area contributed by atoms with Crippen LogP contribution in [0.2, 0.25) is 0 Å². The average molecular weight is 279 g/mol. The molecule has 0 atom stereocenters. The van der Waals surface area contributed by atoms with Gasteiger partial charge in [0.2, 0.25) is 5.91 Å². The summed E-state index contributed by atoms with van der Waals surface area (Å²) < 4.78 is 5.49. The van der Waals surface area contributed by atoms with E-state index < -0.39 is 0 Å². The second kappa shape index (κ2) is 9.47. The predicted molar refractivity (Wildman–Crippen MR) is 81.8 cm³/mol. The van der Waals surface area contributed by atoms with Gasteiger partial charge in [0.05, 0.1) is 13.2 Å². The van der Waals surface area contributed by atoms with E-state index >= 15 is 0 Å². The van der Waals surface area contributed by atoms with Crippen molar-refractivity contribution in [1.29, 1.82) is 0 Å². The lowest BCUT2D eigenvalue weighted by atomic mass is 10.2. The van der Waals surface area contributed by atoms with Gasteiger partial charge in [-0.2, -0.15) is 0 Å². The summed E-state index contributed by atoms with van der Waals surface area (Å²) in [5.74, 6) is -0.0502. The lowest BCUT2D eigenvalue weighted by molar-refractivity contribution is -0.114. The highest BCUT2D eigenvalue weighted by molar-refractivity contribution is 5.88. The largest absolute Gasteiger partial charge is 0.379 e. The highest BCUT2D eigenvalue weighted by Crippen LogP contribution is 2.09. The van der Waals surface area contributed by atoms with Gasteiger partial charge in [-0.05, 0) is 31.8 Å². The van der Waals surface area contributed by atoms with Crippen LogP contribution >= 0.6 is 0 Å². The standard InChI is InChI=1S/C15H25N3O2/c1-13(19)17-15-6-4-14(5-7-15)12-16-8-10-20-11-9-18(2)3/h4-7,16H,8-12H2,1-3H3,(H,17,19). The van der Waals surface area contributed by atoms with Crippen LogP contribution in [-0.2, 0) is 16.1 Å². The monoisotopic (exact) mass is 279 g/mol. The first-order valence-corrected chi connectivity index (χ1v) is 6.87. The van der Waals surface area contributed by atoms with E-state index in [0.29, 0.717) is 0 Å². The molecule has 0 radical (unpaired) electrons. The number of hydrogen-bond donors (Lipinski definition) is 2. The number of ether oxygens (including phenoxy) is 1. The van der Waals surface area contributed by atoms with Gasteiger partial charge < -0.3 is 20.3 Å². The molecule has 0 saturated carbocycles. The summed E-state index contributed by atoms with van der Waals surface area (Å²) in [6.45, 7) is 5.58. The Hall–Kier alpha value is -1.43. The summed E-state index contributed by atoms with van der Waals surface area (Å²) in [6, 6.07) is 7.83. The normalized spacial score (nSPS) is 10.8. The molecule has 2 N–H and O–H groups in total. The van der Waals surface area contributed by atoms with E-state index in [2.05, 4.69) is 15.5 Å². The Labute approximate surface area is 121 Å². The number of nitrogens with zero attached hydrogens (tertiary/aromatic N) is 1. The van der Waals surface area contributed by atoms with Crippen LogP contribution in [0.15, 0.2) is 24.3 Å². The van der Waals surface area contributed by atoms with Gasteiger partial charge in [0, 0.05) is 32.2 Å². The van der Waals surface area contributed by atoms with E-state index in [4.69, 9.17) is 4.74 Å². The molecule has 0 saturated heterocycles. The zero-order chi connectivity index (χ0) is 14.8. The van der Waals surface area contributed by atoms with Gasteiger partial charge in [0.25, 0.3) is 0 Å². The van der Waals surface area contributed by atoms with Gasteiger partial charge in [-0.1, -0.05) is 12.1 Å². The molecule has 0 unspecified atom stereocenters. The summed E-state index contributed by atoms with van der Waals surface area (Å²) in [7, 11) is 4.07. The Bertz CT molecular complexity index is 391. The Balaban J connectivity index is 2.11. The molecule has 0 aliphatic heterocycles. The highest BCUT2D eigenvalue weighted by Gasteiger charge is 1.97. The van der Waals surface area contributed by atoms with Gasteiger partial charge in [-0.25, -0.2) is 0 Å². The second-order valence-electron chi connectivity index (χ2n) is 4.97. The van der Waals surface area contributed by atoms with Crippen LogP contribution in [0.3, 0.4) is 0 Å². The third-order valence-corrected chi connectivity index (χ3v) is 2.71. The number of hydrogen-bond acceptors (Lipinski definition) is 4. The highest BCUT2D eigenvalue weighted by atomic mass is 16.5. The summed E-state index contributed by atoms with van der Waals surface area (Å²) >= 11 is 0. The van der Waals surface area contributed by atoms with E-state index in [1.165, 1.54) is 12.5 Å². The minimum atomic E-state index is -0.0502. The van der Waals surface area contributed by atoms with Crippen molar-refractivity contribution in [1.82, 2.24) is 10.2 Å². The van der Waals surface area contributed by atoms with E-state index in [-0.39, 0.29) is 5.91 Å². The lowest BCUT2D eigenvalue weighted by Crippen LogP contribution is -2.23. The summed E-state index contributed by atoms with van der Waals surface area (Å²) in [5, 5.41) is 6.07. The smallest absolute Gasteiger partial charge is 0.221 e. The third kappa shape index (κ3) is 7.89. The molecule has 1 aromatic rings. The minimum Gasteiger partial charge on any atom is -0.379 e. The molecule has 0 aromatic heterocycles. The fraction of sp³-hybridized carbons (Fsp3) is 0.533. The summed E-state index contributed by atoms with van der Waals surface area (Å²) in [5.41, 5.74) is 2.01. The maximum atomic E-state index is 10.9. The first-order valence-electron chi connectivity index (χ1n) is 6.87. The molecule has 0 fully saturated rings. The van der Waals surface area contributed by atoms with Crippen LogP contribution in [0.1, 0.15) is 12.5 Å². The lowest BCUT2D eigenvalue weighted by Gasteiger charge is -2.10. The van der Waals surface area contributed by atoms with Crippen molar-refractivity contribution in [2.45, 2.75) is 13.5 Å². The molecular weight excluding hydrogens is 254 g/mol. The molecule has 0 bridgehead atoms. The van der Waals surface area contributed by atoms with Crippen molar-refractivity contribution < 1.29 is 9.53 Å². The van der Waals surface area contributed by atoms with Crippen LogP contribution in [0.5, 0.6) is 0 Å². The number of rotatable bonds is 9. The maximum Gasteiger partial charge on any atom is 0.221 e. The number of carbonyl (C=O) groups excluding carboxylic acids is 1. The van der Waals surface area contributed by atoms with Crippen molar-refractivity contribution in [2.24, 2.45) is 0 Å². The fourth-order valence-corrected chi connectivity index (χ4v) is 1.64. The van der Waals surface area contributed by atoms with Crippen molar-refractivity contribution >= 4 is 11.6 Å². The zero-order valence-electron chi connectivity index (χ0n) is 12.6. The molecule has 0 heterocycles. The first-order chi connectivity index (χ1) is 9.58. The molecule has 5 heteroatoms. The number of nitrogens with one attached hydrogen (secondary N) is 2. The molecule has 1 amide bonds. The SMILES string of the molecule is CC(=O)Nc1ccc(CNCCOCCN(C)C)cc1. The molecule has 0 aliphatic carbocycles. The Kier molecular flexibility index (Phi) is 7.87. The molecule has 112 valence electrons. The molecule has 5 nitrogen and oxygen atoms in total. The van der Waals surface area contributed by atoms with Gasteiger partial charge >= 0.3 is 0 Å². The number of benzene rings is 1. The van der Waals surface area contributed by atoms with Gasteiger partial charge in [-0.3, -0.25) is 4.79 Å². The van der Waals surface area contributed by atoms with E-state index in [1.807, 2.05) is 38.4 Å². The quantitative estimate of drug-likeness (QED) is 0.669. The van der Waals surface area contributed by atoms with Gasteiger partial charge in [0.1, 0.15) is 0 Å². The Morgan fingerprint density at radius 1 is 1.20 bits per heavy atom. The molecule has 0 spiro atoms. The van der Waals surface area contributed by atoms with Crippen molar-refractivity contribution in [2.75, 3.05) is 45.7 Å². The van der Waals surface area contributed by atoms with E-state index in [9.17, 15) is 4.79 Å². The van der Waals surface area contributed by atoms with E-state index in [0.717, 1.165) is 38.5 Å². The molecule has 0 aliphatic rings. The molecule has 1 aromatic carbocycles. The molecule has 1 rings (SSSR count). The third-order valence-electron chi connectivity index (χ3n) is 2.71. The summed E-state index contributed by atoms with van der Waals surface area (Å²) in [6.07, 6.45) is 0. The number of anilines is 1. The minimum absolute atomic E-state index is 0.0502. The number of carbonyl (C=O) groups is 1. The first kappa shape index (κ1) is 16.6. The second-order valence-corrected chi connectivity index (χ2v) is 4.97. The van der Waals surface area contributed by atoms with Crippen LogP contribution in [0.25, 0.3) is 0 Å². The maximum absolute atomic E-state index is 10.9. The van der Waals surface area contributed by atoms with Gasteiger partial charge in [-0.15, -0.1) is 0 Å². The van der Waals surface area contributed by atoms with Gasteiger partial charge in [0.15, 0.2) is 0 Å². The Morgan fingerprint density at radius 3 is 2.50 bits per heavy atom. The van der Waals surface area contributed by atoms with Crippen molar-refractivity contribution in [3.05, 3.63) is 29.8 Å². The topological polar surface area (TPSA) is 53.6 Å². The molecular formula is C15H25N3O2. The summed E-state index contributed by atoms with van der Waals surface area (Å²) in [4.78, 5) is 13.0. The van der Waals surface area contributed by atoms with Crippen LogP contribution in [0.4, 0.5) is 5.69 Å². The van der Waals surface area contributed by atoms with Crippen molar-refractivity contribution in [3.8, 4) is 0 Å². The number of likely N-dealkylation sites (N-methyl/N-ethyl adjacent to an activating group) is 1. The zero-order valence-corrected chi connectivity index (χ0v) is 12.6. The molecule has 20 heavy (non-hydrogen) atoms. The average Bonchev–Trinajstić information content (AvgIpc) is 2.38.